The highest BCUT2D eigenvalue weighted by molar-refractivity contribution is 7.11. The molecule has 2 atom stereocenters. The molecule has 84 valence electrons. The second-order valence-corrected chi connectivity index (χ2v) is 5.02. The normalized spacial score (nSPS) is 22.5. The summed E-state index contributed by atoms with van der Waals surface area (Å²) in [5.74, 6) is 0. The minimum Gasteiger partial charge on any atom is -0.387 e. The van der Waals surface area contributed by atoms with Crippen molar-refractivity contribution in [3.8, 4) is 0 Å². The van der Waals surface area contributed by atoms with Crippen LogP contribution < -0.4 is 0 Å². The van der Waals surface area contributed by atoms with Crippen molar-refractivity contribution in [3.05, 3.63) is 15.6 Å². The van der Waals surface area contributed by atoms with Crippen molar-refractivity contribution in [2.75, 3.05) is 7.11 Å². The molecule has 0 amide bonds. The molecule has 15 heavy (non-hydrogen) atoms. The van der Waals surface area contributed by atoms with Crippen molar-refractivity contribution < 1.29 is 9.84 Å². The van der Waals surface area contributed by atoms with Crippen LogP contribution in [0.2, 0.25) is 0 Å². The smallest absolute Gasteiger partial charge is 0.122 e. The summed E-state index contributed by atoms with van der Waals surface area (Å²) in [6, 6.07) is 0. The third-order valence-corrected chi connectivity index (χ3v) is 4.09. The van der Waals surface area contributed by atoms with E-state index in [2.05, 4.69) is 11.9 Å². The molecule has 0 saturated heterocycles. The average Bonchev–Trinajstić information content (AvgIpc) is 2.65. The quantitative estimate of drug-likeness (QED) is 0.863. The van der Waals surface area contributed by atoms with Crippen LogP contribution in [0.15, 0.2) is 0 Å². The Morgan fingerprint density at radius 3 is 3.07 bits per heavy atom. The molecule has 0 fully saturated rings. The lowest BCUT2D eigenvalue weighted by Crippen LogP contribution is -2.07. The summed E-state index contributed by atoms with van der Waals surface area (Å²) in [6.45, 7) is 2.09. The lowest BCUT2D eigenvalue weighted by molar-refractivity contribution is 0.0986. The lowest BCUT2D eigenvalue weighted by Gasteiger charge is -2.14. The second-order valence-electron chi connectivity index (χ2n) is 3.90. The number of ether oxygens (including phenoxy) is 1. The van der Waals surface area contributed by atoms with Crippen molar-refractivity contribution in [1.82, 2.24) is 4.98 Å². The van der Waals surface area contributed by atoms with E-state index < -0.39 is 0 Å². The lowest BCUT2D eigenvalue weighted by atomic mass is 10.0. The minimum atomic E-state index is -0.354. The van der Waals surface area contributed by atoms with E-state index in [-0.39, 0.29) is 12.2 Å². The van der Waals surface area contributed by atoms with Gasteiger partial charge in [-0.15, -0.1) is 11.3 Å². The number of methoxy groups -OCH3 is 1. The van der Waals surface area contributed by atoms with Crippen LogP contribution in [0.5, 0.6) is 0 Å². The Balaban J connectivity index is 2.28. The molecule has 0 bridgehead atoms. The maximum Gasteiger partial charge on any atom is 0.122 e. The van der Waals surface area contributed by atoms with Crippen LogP contribution >= 0.6 is 11.3 Å². The Hall–Kier alpha value is -0.450. The molecule has 0 radical (unpaired) electrons. The highest BCUT2D eigenvalue weighted by Gasteiger charge is 2.24. The van der Waals surface area contributed by atoms with Gasteiger partial charge in [-0.1, -0.05) is 6.92 Å². The summed E-state index contributed by atoms with van der Waals surface area (Å²) in [5, 5.41) is 10.8. The monoisotopic (exact) mass is 227 g/mol. The van der Waals surface area contributed by atoms with Crippen LogP contribution in [-0.2, 0) is 11.2 Å². The Labute approximate surface area is 94.1 Å². The molecule has 4 heteroatoms. The van der Waals surface area contributed by atoms with Gasteiger partial charge < -0.3 is 9.84 Å². The number of rotatable bonds is 3. The molecule has 1 heterocycles. The van der Waals surface area contributed by atoms with Crippen LogP contribution in [0, 0.1) is 0 Å². The first-order chi connectivity index (χ1) is 7.26. The molecule has 1 aliphatic carbocycles. The molecule has 1 N–H and O–H groups in total. The molecule has 0 aromatic carbocycles. The number of aliphatic hydroxyl groups excluding tert-OH is 1. The molecule has 1 aromatic heterocycles. The zero-order chi connectivity index (χ0) is 10.8. The molecule has 1 aromatic rings. The predicted octanol–water partition coefficient (Wildman–Crippen LogP) is 2.61. The third-order valence-electron chi connectivity index (χ3n) is 2.87. The minimum absolute atomic E-state index is 0.0906. The fourth-order valence-electron chi connectivity index (χ4n) is 1.99. The van der Waals surface area contributed by atoms with Gasteiger partial charge in [0, 0.05) is 12.0 Å². The zero-order valence-corrected chi connectivity index (χ0v) is 10.0. The molecule has 1 aliphatic rings. The van der Waals surface area contributed by atoms with Gasteiger partial charge >= 0.3 is 0 Å². The third kappa shape index (κ3) is 2.07. The number of nitrogens with zero attached hydrogens (tertiary/aromatic N) is 1. The number of hydrogen-bond donors (Lipinski definition) is 1. The first-order valence-electron chi connectivity index (χ1n) is 5.46. The van der Waals surface area contributed by atoms with Gasteiger partial charge in [-0.25, -0.2) is 4.98 Å². The fourth-order valence-corrected chi connectivity index (χ4v) is 3.32. The number of hydrogen-bond acceptors (Lipinski definition) is 4. The van der Waals surface area contributed by atoms with Crippen molar-refractivity contribution >= 4 is 11.3 Å². The van der Waals surface area contributed by atoms with Gasteiger partial charge in [-0.05, 0) is 25.7 Å². The van der Waals surface area contributed by atoms with E-state index in [1.165, 1.54) is 4.88 Å². The summed E-state index contributed by atoms with van der Waals surface area (Å²) < 4.78 is 5.36. The van der Waals surface area contributed by atoms with E-state index in [4.69, 9.17) is 4.74 Å². The van der Waals surface area contributed by atoms with Crippen LogP contribution in [0.3, 0.4) is 0 Å². The Kier molecular flexibility index (Phi) is 3.38. The molecule has 0 spiro atoms. The average molecular weight is 227 g/mol. The summed E-state index contributed by atoms with van der Waals surface area (Å²) in [5.41, 5.74) is 0.900. The molecule has 3 nitrogen and oxygen atoms in total. The fraction of sp³-hybridized carbons (Fsp3) is 0.727. The van der Waals surface area contributed by atoms with Gasteiger partial charge in [0.2, 0.25) is 0 Å². The largest absolute Gasteiger partial charge is 0.387 e. The number of aromatic nitrogens is 1. The van der Waals surface area contributed by atoms with Gasteiger partial charge in [0.1, 0.15) is 11.1 Å². The number of fused-ring (bicyclic) bond motifs is 1. The SMILES string of the molecule is CCC(OC)c1nc2c(s1)CCCC2O. The van der Waals surface area contributed by atoms with E-state index in [9.17, 15) is 5.11 Å². The second kappa shape index (κ2) is 4.60. The first-order valence-corrected chi connectivity index (χ1v) is 6.28. The molecular formula is C11H17NO2S. The zero-order valence-electron chi connectivity index (χ0n) is 9.19. The van der Waals surface area contributed by atoms with Gasteiger partial charge in [-0.2, -0.15) is 0 Å². The van der Waals surface area contributed by atoms with Crippen molar-refractivity contribution in [2.24, 2.45) is 0 Å². The summed E-state index contributed by atoms with van der Waals surface area (Å²) in [4.78, 5) is 5.77. The van der Waals surface area contributed by atoms with Crippen molar-refractivity contribution in [2.45, 2.75) is 44.8 Å². The Bertz CT molecular complexity index is 333. The maximum absolute atomic E-state index is 9.81. The highest BCUT2D eigenvalue weighted by atomic mass is 32.1. The van der Waals surface area contributed by atoms with Crippen LogP contribution in [0.4, 0.5) is 0 Å². The number of aliphatic hydroxyl groups is 1. The van der Waals surface area contributed by atoms with E-state index in [0.29, 0.717) is 0 Å². The maximum atomic E-state index is 9.81. The molecule has 0 aliphatic heterocycles. The predicted molar refractivity (Wildman–Crippen MR) is 60.1 cm³/mol. The molecular weight excluding hydrogens is 210 g/mol. The van der Waals surface area contributed by atoms with Gasteiger partial charge in [-0.3, -0.25) is 0 Å². The standard InChI is InChI=1S/C11H17NO2S/c1-3-8(14-2)11-12-10-7(13)5-4-6-9(10)15-11/h7-8,13H,3-6H2,1-2H3. The Morgan fingerprint density at radius 1 is 1.67 bits per heavy atom. The summed E-state index contributed by atoms with van der Waals surface area (Å²) in [6.07, 6.45) is 3.64. The van der Waals surface area contributed by atoms with Gasteiger partial charge in [0.25, 0.3) is 0 Å². The van der Waals surface area contributed by atoms with Gasteiger partial charge in [0.15, 0.2) is 0 Å². The Morgan fingerprint density at radius 2 is 2.47 bits per heavy atom. The molecule has 2 unspecified atom stereocenters. The summed E-state index contributed by atoms with van der Waals surface area (Å²) in [7, 11) is 1.71. The topological polar surface area (TPSA) is 42.4 Å². The van der Waals surface area contributed by atoms with Crippen LogP contribution in [0.1, 0.15) is 54.0 Å². The van der Waals surface area contributed by atoms with Gasteiger partial charge in [0.05, 0.1) is 11.8 Å². The van der Waals surface area contributed by atoms with E-state index in [0.717, 1.165) is 36.4 Å². The molecule has 2 rings (SSSR count). The molecule has 0 saturated carbocycles. The van der Waals surface area contributed by atoms with Crippen molar-refractivity contribution in [3.63, 3.8) is 0 Å². The number of aryl methyl sites for hydroxylation is 1. The van der Waals surface area contributed by atoms with Crippen molar-refractivity contribution in [1.29, 1.82) is 0 Å². The highest BCUT2D eigenvalue weighted by Crippen LogP contribution is 2.36. The first kappa shape index (κ1) is 11.0. The van der Waals surface area contributed by atoms with E-state index >= 15 is 0 Å². The number of thiazole rings is 1. The van der Waals surface area contributed by atoms with Crippen LogP contribution in [0.25, 0.3) is 0 Å². The summed E-state index contributed by atoms with van der Waals surface area (Å²) >= 11 is 1.70. The van der Waals surface area contributed by atoms with E-state index in [1.807, 2.05) is 0 Å². The van der Waals surface area contributed by atoms with Crippen LogP contribution in [-0.4, -0.2) is 17.2 Å². The van der Waals surface area contributed by atoms with E-state index in [1.54, 1.807) is 18.4 Å².